The van der Waals surface area contributed by atoms with Gasteiger partial charge in [0.25, 0.3) is 0 Å². The molecule has 0 unspecified atom stereocenters. The van der Waals surface area contributed by atoms with Crippen molar-refractivity contribution in [2.24, 2.45) is 0 Å². The molecular weight excluding hydrogens is 306 g/mol. The molecule has 2 rings (SSSR count). The molecule has 6 nitrogen and oxygen atoms in total. The van der Waals surface area contributed by atoms with Crippen LogP contribution in [0.1, 0.15) is 13.8 Å². The topological polar surface area (TPSA) is 54.0 Å². The predicted molar refractivity (Wildman–Crippen MR) is 95.7 cm³/mol. The van der Waals surface area contributed by atoms with E-state index in [0.717, 1.165) is 37.6 Å². The number of benzene rings is 1. The van der Waals surface area contributed by atoms with Crippen LogP contribution in [0, 0.1) is 0 Å². The van der Waals surface area contributed by atoms with Crippen molar-refractivity contribution in [1.82, 2.24) is 10.2 Å². The fourth-order valence-electron chi connectivity index (χ4n) is 2.94. The van der Waals surface area contributed by atoms with Crippen molar-refractivity contribution in [2.45, 2.75) is 19.9 Å². The van der Waals surface area contributed by atoms with Gasteiger partial charge in [0, 0.05) is 39.8 Å². The van der Waals surface area contributed by atoms with Crippen molar-refractivity contribution in [3.8, 4) is 5.75 Å². The van der Waals surface area contributed by atoms with Gasteiger partial charge in [0.2, 0.25) is 5.91 Å². The molecule has 1 heterocycles. The Bertz CT molecular complexity index is 516. The zero-order chi connectivity index (χ0) is 17.4. The number of ether oxygens (including phenoxy) is 2. The summed E-state index contributed by atoms with van der Waals surface area (Å²) >= 11 is 0. The number of carbonyl (C=O) groups excluding carboxylic acids is 1. The summed E-state index contributed by atoms with van der Waals surface area (Å²) in [7, 11) is 1.63. The van der Waals surface area contributed by atoms with Crippen LogP contribution in [0.25, 0.3) is 0 Å². The summed E-state index contributed by atoms with van der Waals surface area (Å²) in [4.78, 5) is 16.7. The molecule has 1 N–H and O–H groups in total. The van der Waals surface area contributed by atoms with Gasteiger partial charge in [-0.25, -0.2) is 0 Å². The highest BCUT2D eigenvalue weighted by Gasteiger charge is 2.26. The number of hydrogen-bond acceptors (Lipinski definition) is 5. The number of para-hydroxylation sites is 2. The van der Waals surface area contributed by atoms with Crippen LogP contribution >= 0.6 is 0 Å². The van der Waals surface area contributed by atoms with E-state index in [4.69, 9.17) is 9.47 Å². The van der Waals surface area contributed by atoms with Crippen LogP contribution < -0.4 is 15.0 Å². The van der Waals surface area contributed by atoms with E-state index in [2.05, 4.69) is 21.2 Å². The highest BCUT2D eigenvalue weighted by Crippen LogP contribution is 2.29. The van der Waals surface area contributed by atoms with Gasteiger partial charge in [-0.3, -0.25) is 9.69 Å². The molecule has 1 fully saturated rings. The van der Waals surface area contributed by atoms with Gasteiger partial charge in [-0.1, -0.05) is 12.1 Å². The third-order valence-electron chi connectivity index (χ3n) is 4.35. The van der Waals surface area contributed by atoms with Crippen LogP contribution in [-0.4, -0.2) is 69.9 Å². The Morgan fingerprint density at radius 2 is 1.96 bits per heavy atom. The van der Waals surface area contributed by atoms with Gasteiger partial charge in [-0.2, -0.15) is 0 Å². The molecule has 0 aliphatic carbocycles. The Morgan fingerprint density at radius 3 is 2.62 bits per heavy atom. The lowest BCUT2D eigenvalue weighted by Gasteiger charge is -2.39. The molecule has 0 radical (unpaired) electrons. The standard InChI is InChI=1S/C18H29N3O3/c1-4-24-17-8-6-5-7-16(17)21-12-10-20(11-13-21)15(2)18(22)19-9-14-23-3/h5-8,15H,4,9-14H2,1-3H3,(H,19,22)/t15-/m1/s1. The second kappa shape index (κ2) is 9.49. The number of amides is 1. The van der Waals surface area contributed by atoms with Crippen molar-refractivity contribution in [3.63, 3.8) is 0 Å². The normalized spacial score (nSPS) is 16.7. The van der Waals surface area contributed by atoms with Crippen LogP contribution in [0.15, 0.2) is 24.3 Å². The Kier molecular flexibility index (Phi) is 7.34. The van der Waals surface area contributed by atoms with Crippen LogP contribution in [0.3, 0.4) is 0 Å². The van der Waals surface area contributed by atoms with Crippen molar-refractivity contribution in [2.75, 3.05) is 57.9 Å². The van der Waals surface area contributed by atoms with Gasteiger partial charge in [-0.05, 0) is 26.0 Å². The lowest BCUT2D eigenvalue weighted by atomic mass is 10.2. The zero-order valence-electron chi connectivity index (χ0n) is 15.0. The van der Waals surface area contributed by atoms with Gasteiger partial charge in [0.05, 0.1) is 24.9 Å². The third-order valence-corrected chi connectivity index (χ3v) is 4.35. The minimum Gasteiger partial charge on any atom is -0.492 e. The lowest BCUT2D eigenvalue weighted by Crippen LogP contribution is -2.54. The Morgan fingerprint density at radius 1 is 1.25 bits per heavy atom. The zero-order valence-corrected chi connectivity index (χ0v) is 15.0. The van der Waals surface area contributed by atoms with E-state index in [1.165, 1.54) is 0 Å². The third kappa shape index (κ3) is 4.85. The lowest BCUT2D eigenvalue weighted by molar-refractivity contribution is -0.126. The summed E-state index contributed by atoms with van der Waals surface area (Å²) in [6.07, 6.45) is 0. The van der Waals surface area contributed by atoms with Crippen molar-refractivity contribution < 1.29 is 14.3 Å². The molecule has 1 aliphatic rings. The molecule has 24 heavy (non-hydrogen) atoms. The molecule has 0 saturated carbocycles. The second-order valence-corrected chi connectivity index (χ2v) is 5.88. The first kappa shape index (κ1) is 18.5. The summed E-state index contributed by atoms with van der Waals surface area (Å²) in [5.41, 5.74) is 1.14. The average Bonchev–Trinajstić information content (AvgIpc) is 2.62. The summed E-state index contributed by atoms with van der Waals surface area (Å²) < 4.78 is 10.7. The number of nitrogens with zero attached hydrogens (tertiary/aromatic N) is 2. The number of anilines is 1. The molecule has 0 aromatic heterocycles. The minimum absolute atomic E-state index is 0.0650. The highest BCUT2D eigenvalue weighted by molar-refractivity contribution is 5.81. The van der Waals surface area contributed by atoms with Crippen LogP contribution in [0.5, 0.6) is 5.75 Å². The number of piperazine rings is 1. The molecule has 1 amide bonds. The first-order chi connectivity index (χ1) is 11.7. The molecule has 6 heteroatoms. The number of carbonyl (C=O) groups is 1. The molecule has 1 aliphatic heterocycles. The Labute approximate surface area is 144 Å². The molecule has 134 valence electrons. The largest absolute Gasteiger partial charge is 0.492 e. The minimum atomic E-state index is -0.119. The van der Waals surface area contributed by atoms with Crippen molar-refractivity contribution in [3.05, 3.63) is 24.3 Å². The van der Waals surface area contributed by atoms with Crippen molar-refractivity contribution >= 4 is 11.6 Å². The summed E-state index contributed by atoms with van der Waals surface area (Å²) in [6, 6.07) is 8.03. The van der Waals surface area contributed by atoms with E-state index in [0.29, 0.717) is 19.8 Å². The summed E-state index contributed by atoms with van der Waals surface area (Å²) in [6.45, 7) is 9.22. The molecule has 1 saturated heterocycles. The van der Waals surface area contributed by atoms with Crippen LogP contribution in [0.4, 0.5) is 5.69 Å². The molecule has 1 aromatic carbocycles. The first-order valence-electron chi connectivity index (χ1n) is 8.64. The van der Waals surface area contributed by atoms with E-state index in [1.54, 1.807) is 7.11 Å². The van der Waals surface area contributed by atoms with E-state index >= 15 is 0 Å². The molecule has 0 spiro atoms. The fourth-order valence-corrected chi connectivity index (χ4v) is 2.94. The number of rotatable bonds is 8. The molecule has 0 bridgehead atoms. The maximum Gasteiger partial charge on any atom is 0.237 e. The SMILES string of the molecule is CCOc1ccccc1N1CCN([C@H](C)C(=O)NCCOC)CC1. The second-order valence-electron chi connectivity index (χ2n) is 5.88. The number of nitrogens with one attached hydrogen (secondary N) is 1. The van der Waals surface area contributed by atoms with E-state index in [-0.39, 0.29) is 11.9 Å². The van der Waals surface area contributed by atoms with Gasteiger partial charge < -0.3 is 19.7 Å². The monoisotopic (exact) mass is 335 g/mol. The smallest absolute Gasteiger partial charge is 0.237 e. The molecular formula is C18H29N3O3. The van der Waals surface area contributed by atoms with Gasteiger partial charge in [0.1, 0.15) is 5.75 Å². The number of methoxy groups -OCH3 is 1. The van der Waals surface area contributed by atoms with Gasteiger partial charge in [-0.15, -0.1) is 0 Å². The van der Waals surface area contributed by atoms with Crippen LogP contribution in [0.2, 0.25) is 0 Å². The van der Waals surface area contributed by atoms with Crippen molar-refractivity contribution in [1.29, 1.82) is 0 Å². The maximum absolute atomic E-state index is 12.2. The molecule has 1 aromatic rings. The van der Waals surface area contributed by atoms with Crippen LogP contribution in [-0.2, 0) is 9.53 Å². The van der Waals surface area contributed by atoms with E-state index < -0.39 is 0 Å². The highest BCUT2D eigenvalue weighted by atomic mass is 16.5. The van der Waals surface area contributed by atoms with E-state index in [1.807, 2.05) is 32.0 Å². The summed E-state index contributed by atoms with van der Waals surface area (Å²) in [5.74, 6) is 0.994. The van der Waals surface area contributed by atoms with Gasteiger partial charge >= 0.3 is 0 Å². The fraction of sp³-hybridized carbons (Fsp3) is 0.611. The maximum atomic E-state index is 12.2. The number of hydrogen-bond donors (Lipinski definition) is 1. The quantitative estimate of drug-likeness (QED) is 0.727. The van der Waals surface area contributed by atoms with E-state index in [9.17, 15) is 4.79 Å². The Hall–Kier alpha value is -1.79. The predicted octanol–water partition coefficient (Wildman–Crippen LogP) is 1.36. The summed E-state index contributed by atoms with van der Waals surface area (Å²) in [5, 5.41) is 2.91. The first-order valence-corrected chi connectivity index (χ1v) is 8.64. The average molecular weight is 335 g/mol. The Balaban J connectivity index is 1.88. The van der Waals surface area contributed by atoms with Gasteiger partial charge in [0.15, 0.2) is 0 Å². The molecule has 1 atom stereocenters.